The molecule has 43 heavy (non-hydrogen) atoms. The summed E-state index contributed by atoms with van der Waals surface area (Å²) in [5.74, 6) is 0.115. The van der Waals surface area contributed by atoms with Crippen molar-refractivity contribution >= 4 is 22.7 Å². The second-order valence-corrected chi connectivity index (χ2v) is 9.33. The Morgan fingerprint density at radius 1 is 0.674 bits per heavy atom. The van der Waals surface area contributed by atoms with Crippen molar-refractivity contribution in [3.05, 3.63) is 35.4 Å². The summed E-state index contributed by atoms with van der Waals surface area (Å²) in [7, 11) is 10.1. The van der Waals surface area contributed by atoms with Gasteiger partial charge in [0.05, 0.1) is 54.8 Å². The number of methoxy groups -OCH3 is 7. The maximum absolute atomic E-state index is 13.9. The smallest absolute Gasteiger partial charge is 0.342 e. The van der Waals surface area contributed by atoms with Crippen molar-refractivity contribution in [1.82, 2.24) is 0 Å². The molecule has 0 aliphatic rings. The van der Waals surface area contributed by atoms with E-state index in [4.69, 9.17) is 42.6 Å². The van der Waals surface area contributed by atoms with E-state index in [-0.39, 0.29) is 41.8 Å². The van der Waals surface area contributed by atoms with E-state index in [1.807, 2.05) is 0 Å². The zero-order valence-electron chi connectivity index (χ0n) is 26.0. The summed E-state index contributed by atoms with van der Waals surface area (Å²) in [6, 6.07) is 6.75. The van der Waals surface area contributed by atoms with Crippen LogP contribution in [0.2, 0.25) is 0 Å². The van der Waals surface area contributed by atoms with Crippen molar-refractivity contribution < 1.29 is 52.2 Å². The Labute approximate surface area is 251 Å². The molecule has 0 saturated heterocycles. The highest BCUT2D eigenvalue weighted by atomic mass is 16.7. The predicted octanol–water partition coefficient (Wildman–Crippen LogP) is 6.06. The lowest BCUT2D eigenvalue weighted by Crippen LogP contribution is -2.18. The Kier molecular flexibility index (Phi) is 12.1. The average molecular weight is 601 g/mol. The number of unbranched alkanes of at least 4 members (excludes halogenated alkanes) is 3. The van der Waals surface area contributed by atoms with Crippen LogP contribution < -0.4 is 28.4 Å². The third-order valence-electron chi connectivity index (χ3n) is 6.87. The molecule has 3 aromatic carbocycles. The lowest BCUT2D eigenvalue weighted by atomic mass is 9.87. The van der Waals surface area contributed by atoms with Crippen LogP contribution in [0.15, 0.2) is 24.3 Å². The first kappa shape index (κ1) is 33.1. The molecule has 0 unspecified atom stereocenters. The summed E-state index contributed by atoms with van der Waals surface area (Å²) in [5.41, 5.74) is 0.551. The molecule has 3 aromatic rings. The van der Waals surface area contributed by atoms with Gasteiger partial charge in [0.25, 0.3) is 0 Å². The summed E-state index contributed by atoms with van der Waals surface area (Å²) < 4.78 is 50.4. The molecule has 11 heteroatoms. The minimum atomic E-state index is -0.802. The molecule has 0 spiro atoms. The quantitative estimate of drug-likeness (QED) is 0.109. The summed E-state index contributed by atoms with van der Waals surface area (Å²) in [6.07, 6.45) is 3.59. The van der Waals surface area contributed by atoms with Crippen LogP contribution in [0.3, 0.4) is 0 Å². The summed E-state index contributed by atoms with van der Waals surface area (Å²) in [5, 5.41) is 0.764. The molecule has 0 aliphatic heterocycles. The molecule has 3 rings (SSSR count). The lowest BCUT2D eigenvalue weighted by Gasteiger charge is -2.24. The third-order valence-corrected chi connectivity index (χ3v) is 6.87. The molecule has 0 saturated carbocycles. The minimum absolute atomic E-state index is 0.0271. The van der Waals surface area contributed by atoms with Crippen LogP contribution in [0, 0.1) is 0 Å². The van der Waals surface area contributed by atoms with Crippen LogP contribution in [-0.4, -0.2) is 75.1 Å². The fourth-order valence-electron chi connectivity index (χ4n) is 4.90. The van der Waals surface area contributed by atoms with Gasteiger partial charge in [0.1, 0.15) is 11.3 Å². The largest absolute Gasteiger partial charge is 0.493 e. The maximum Gasteiger partial charge on any atom is 0.342 e. The molecule has 0 aromatic heterocycles. The van der Waals surface area contributed by atoms with Crippen LogP contribution in [0.1, 0.15) is 53.3 Å². The van der Waals surface area contributed by atoms with Crippen LogP contribution in [0.4, 0.5) is 0 Å². The van der Waals surface area contributed by atoms with Gasteiger partial charge >= 0.3 is 11.9 Å². The number of hydrogen-bond donors (Lipinski definition) is 0. The SMILES string of the molecule is CCCCCCOC(=O)c1c(C(=O)OC)c(-c2ccc(OC)c(OC)c2)c2c(OC)c(OC)c(OC)cc2c1OCOC. The number of hydrogen-bond acceptors (Lipinski definition) is 11. The van der Waals surface area contributed by atoms with Crippen molar-refractivity contribution in [2.45, 2.75) is 32.6 Å². The van der Waals surface area contributed by atoms with Gasteiger partial charge in [-0.2, -0.15) is 0 Å². The topological polar surface area (TPSA) is 117 Å². The highest BCUT2D eigenvalue weighted by Crippen LogP contribution is 2.53. The van der Waals surface area contributed by atoms with Crippen molar-refractivity contribution in [1.29, 1.82) is 0 Å². The molecule has 0 atom stereocenters. The van der Waals surface area contributed by atoms with Gasteiger partial charge in [0, 0.05) is 23.4 Å². The average Bonchev–Trinajstić information content (AvgIpc) is 3.04. The summed E-state index contributed by atoms with van der Waals surface area (Å²) in [6.45, 7) is 2.01. The van der Waals surface area contributed by atoms with Crippen molar-refractivity contribution in [3.8, 4) is 45.6 Å². The highest BCUT2D eigenvalue weighted by molar-refractivity contribution is 6.20. The van der Waals surface area contributed by atoms with Crippen LogP contribution >= 0.6 is 0 Å². The molecule has 0 aliphatic carbocycles. The second-order valence-electron chi connectivity index (χ2n) is 9.33. The Hall–Kier alpha value is -4.38. The van der Waals surface area contributed by atoms with Gasteiger partial charge in [-0.15, -0.1) is 0 Å². The summed E-state index contributed by atoms with van der Waals surface area (Å²) in [4.78, 5) is 27.6. The first-order chi connectivity index (χ1) is 20.9. The summed E-state index contributed by atoms with van der Waals surface area (Å²) >= 11 is 0. The first-order valence-electron chi connectivity index (χ1n) is 13.8. The van der Waals surface area contributed by atoms with Crippen molar-refractivity contribution in [3.63, 3.8) is 0 Å². The maximum atomic E-state index is 13.9. The number of ether oxygens (including phenoxy) is 9. The molecular weight excluding hydrogens is 560 g/mol. The van der Waals surface area contributed by atoms with E-state index in [0.29, 0.717) is 45.6 Å². The Balaban J connectivity index is 2.59. The third kappa shape index (κ3) is 6.83. The standard InChI is InChI=1S/C32H40O11/c1-9-10-11-12-15-42-32(34)27-26(31(33)41-8)24(19-13-14-21(36-3)22(16-19)37-4)25-20(28(27)43-18-35-2)17-23(38-5)29(39-6)30(25)40-7/h13-14,16-17H,9-12,15,18H2,1-8H3. The van der Waals surface area contributed by atoms with E-state index < -0.39 is 11.9 Å². The van der Waals surface area contributed by atoms with Gasteiger partial charge in [-0.25, -0.2) is 9.59 Å². The van der Waals surface area contributed by atoms with Crippen LogP contribution in [0.25, 0.3) is 21.9 Å². The molecule has 0 bridgehead atoms. The van der Waals surface area contributed by atoms with Crippen LogP contribution in [-0.2, 0) is 14.2 Å². The normalized spacial score (nSPS) is 10.7. The molecule has 0 amide bonds. The molecule has 234 valence electrons. The van der Waals surface area contributed by atoms with E-state index in [9.17, 15) is 9.59 Å². The van der Waals surface area contributed by atoms with E-state index in [2.05, 4.69) is 6.92 Å². The van der Waals surface area contributed by atoms with E-state index in [0.717, 1.165) is 19.3 Å². The zero-order valence-corrected chi connectivity index (χ0v) is 26.0. The molecule has 0 N–H and O–H groups in total. The second kappa shape index (κ2) is 15.7. The number of carbonyl (C=O) groups excluding carboxylic acids is 2. The highest BCUT2D eigenvalue weighted by Gasteiger charge is 2.35. The van der Waals surface area contributed by atoms with Gasteiger partial charge in [0.2, 0.25) is 5.75 Å². The van der Waals surface area contributed by atoms with Crippen molar-refractivity contribution in [2.24, 2.45) is 0 Å². The Bertz CT molecular complexity index is 1430. The van der Waals surface area contributed by atoms with Crippen molar-refractivity contribution in [2.75, 3.05) is 63.2 Å². The lowest BCUT2D eigenvalue weighted by molar-refractivity contribution is 0.0415. The van der Waals surface area contributed by atoms with Gasteiger partial charge in [-0.3, -0.25) is 0 Å². The molecular formula is C32H40O11. The fourth-order valence-corrected chi connectivity index (χ4v) is 4.90. The van der Waals surface area contributed by atoms with Gasteiger partial charge in [-0.1, -0.05) is 32.3 Å². The first-order valence-corrected chi connectivity index (χ1v) is 13.8. The van der Waals surface area contributed by atoms with Gasteiger partial charge < -0.3 is 42.6 Å². The number of esters is 2. The number of benzene rings is 3. The van der Waals surface area contributed by atoms with Gasteiger partial charge in [0.15, 0.2) is 29.8 Å². The fraction of sp³-hybridized carbons (Fsp3) is 0.438. The predicted molar refractivity (Wildman–Crippen MR) is 160 cm³/mol. The molecule has 0 radical (unpaired) electrons. The van der Waals surface area contributed by atoms with Crippen LogP contribution in [0.5, 0.6) is 34.5 Å². The van der Waals surface area contributed by atoms with E-state index >= 15 is 0 Å². The number of carbonyl (C=O) groups is 2. The molecule has 0 fully saturated rings. The zero-order chi connectivity index (χ0) is 31.5. The monoisotopic (exact) mass is 600 g/mol. The molecule has 0 heterocycles. The van der Waals surface area contributed by atoms with E-state index in [1.165, 1.54) is 49.8 Å². The number of rotatable bonds is 16. The van der Waals surface area contributed by atoms with Gasteiger partial charge in [-0.05, 0) is 30.2 Å². The van der Waals surface area contributed by atoms with E-state index in [1.54, 1.807) is 24.3 Å². The minimum Gasteiger partial charge on any atom is -0.493 e. The number of fused-ring (bicyclic) bond motifs is 1. The Morgan fingerprint density at radius 2 is 1.37 bits per heavy atom. The molecule has 11 nitrogen and oxygen atoms in total. The Morgan fingerprint density at radius 3 is 1.95 bits per heavy atom.